The van der Waals surface area contributed by atoms with Gasteiger partial charge in [0.05, 0.1) is 23.1 Å². The van der Waals surface area contributed by atoms with Gasteiger partial charge in [0.15, 0.2) is 5.78 Å². The molecule has 2 N–H and O–H groups in total. The average molecular weight is 503 g/mol. The standard InChI is InChI=1S/C28H27ClN4OS/c1-28(2)12-21-25(22(34)13-28)24(16-8-10-17(29)11-9-16)20(15-31)26(32)33(21)27-19(14-30)18-6-4-3-5-7-23(18)35-27/h8-11,24H,3-7,12-13,32H2,1-2H3. The van der Waals surface area contributed by atoms with Gasteiger partial charge in [-0.25, -0.2) is 0 Å². The minimum atomic E-state index is -0.546. The van der Waals surface area contributed by atoms with Crippen LogP contribution in [0.15, 0.2) is 46.9 Å². The number of nitriles is 2. The van der Waals surface area contributed by atoms with E-state index in [9.17, 15) is 15.3 Å². The van der Waals surface area contributed by atoms with E-state index in [0.717, 1.165) is 53.9 Å². The molecule has 2 heterocycles. The second-order valence-electron chi connectivity index (χ2n) is 10.4. The summed E-state index contributed by atoms with van der Waals surface area (Å²) < 4.78 is 0. The molecule has 2 aliphatic carbocycles. The van der Waals surface area contributed by atoms with Gasteiger partial charge in [-0.1, -0.05) is 44.0 Å². The van der Waals surface area contributed by atoms with Crippen LogP contribution in [0.2, 0.25) is 5.02 Å². The lowest BCUT2D eigenvalue weighted by molar-refractivity contribution is -0.118. The Balaban J connectivity index is 1.78. The topological polar surface area (TPSA) is 93.9 Å². The summed E-state index contributed by atoms with van der Waals surface area (Å²) >= 11 is 7.73. The highest BCUT2D eigenvalue weighted by atomic mass is 35.5. The first-order valence-corrected chi connectivity index (χ1v) is 13.2. The summed E-state index contributed by atoms with van der Waals surface area (Å²) in [5.74, 6) is -0.210. The molecule has 0 spiro atoms. The second-order valence-corrected chi connectivity index (χ2v) is 11.9. The summed E-state index contributed by atoms with van der Waals surface area (Å²) in [5.41, 5.74) is 10.9. The molecule has 1 aliphatic heterocycles. The molecule has 1 atom stereocenters. The summed E-state index contributed by atoms with van der Waals surface area (Å²) in [5, 5.41) is 21.8. The number of rotatable bonds is 2. The molecule has 0 radical (unpaired) electrons. The van der Waals surface area contributed by atoms with Gasteiger partial charge in [0.25, 0.3) is 0 Å². The van der Waals surface area contributed by atoms with Crippen LogP contribution in [0.5, 0.6) is 0 Å². The molecular formula is C28H27ClN4OS. The molecule has 1 aromatic carbocycles. The first-order valence-electron chi connectivity index (χ1n) is 12.0. The SMILES string of the molecule is CC1(C)CC(=O)C2=C(C1)N(c1sc3c(c1C#N)CCCCC3)C(N)=C(C#N)C2c1ccc(Cl)cc1. The Bertz CT molecular complexity index is 1370. The van der Waals surface area contributed by atoms with E-state index in [0.29, 0.717) is 40.4 Å². The molecule has 1 aromatic heterocycles. The minimum absolute atomic E-state index is 0.0260. The predicted octanol–water partition coefficient (Wildman–Crippen LogP) is 6.48. The molecule has 0 fully saturated rings. The monoisotopic (exact) mass is 502 g/mol. The van der Waals surface area contributed by atoms with Gasteiger partial charge in [0.2, 0.25) is 0 Å². The number of nitrogens with zero attached hydrogens (tertiary/aromatic N) is 3. The lowest BCUT2D eigenvalue weighted by Crippen LogP contribution is -2.42. The third-order valence-electron chi connectivity index (χ3n) is 7.30. The molecule has 2 aromatic rings. The highest BCUT2D eigenvalue weighted by Crippen LogP contribution is 2.52. The van der Waals surface area contributed by atoms with E-state index in [1.807, 2.05) is 17.0 Å². The van der Waals surface area contributed by atoms with Crippen LogP contribution in [-0.4, -0.2) is 5.78 Å². The number of thiophene rings is 1. The summed E-state index contributed by atoms with van der Waals surface area (Å²) in [6, 6.07) is 12.0. The highest BCUT2D eigenvalue weighted by molar-refractivity contribution is 7.16. The van der Waals surface area contributed by atoms with Crippen molar-refractivity contribution in [3.63, 3.8) is 0 Å². The zero-order chi connectivity index (χ0) is 24.9. The number of hydrogen-bond acceptors (Lipinski definition) is 6. The van der Waals surface area contributed by atoms with Gasteiger partial charge < -0.3 is 5.73 Å². The summed E-state index contributed by atoms with van der Waals surface area (Å²) in [6.07, 6.45) is 6.17. The van der Waals surface area contributed by atoms with Crippen LogP contribution >= 0.6 is 22.9 Å². The smallest absolute Gasteiger partial charge is 0.162 e. The van der Waals surface area contributed by atoms with E-state index in [4.69, 9.17) is 17.3 Å². The number of Topliss-reactive ketones (excluding diaryl/α,β-unsaturated/α-hetero) is 1. The first-order chi connectivity index (χ1) is 16.8. The van der Waals surface area contributed by atoms with E-state index in [1.165, 1.54) is 4.88 Å². The second kappa shape index (κ2) is 8.86. The molecule has 178 valence electrons. The molecule has 5 rings (SSSR count). The van der Waals surface area contributed by atoms with Crippen molar-refractivity contribution in [2.45, 2.75) is 64.7 Å². The Hall–Kier alpha value is -3.06. The van der Waals surface area contributed by atoms with Crippen molar-refractivity contribution in [1.29, 1.82) is 10.5 Å². The van der Waals surface area contributed by atoms with Gasteiger partial charge >= 0.3 is 0 Å². The Morgan fingerprint density at radius 3 is 2.49 bits per heavy atom. The van der Waals surface area contributed by atoms with Crippen LogP contribution in [0, 0.1) is 28.1 Å². The van der Waals surface area contributed by atoms with Crippen molar-refractivity contribution in [2.75, 3.05) is 4.90 Å². The molecule has 1 unspecified atom stereocenters. The molecule has 5 nitrogen and oxygen atoms in total. The van der Waals surface area contributed by atoms with Crippen LogP contribution in [0.4, 0.5) is 5.00 Å². The van der Waals surface area contributed by atoms with Crippen LogP contribution in [0.25, 0.3) is 0 Å². The van der Waals surface area contributed by atoms with Crippen molar-refractivity contribution in [2.24, 2.45) is 11.1 Å². The maximum Gasteiger partial charge on any atom is 0.162 e. The zero-order valence-electron chi connectivity index (χ0n) is 19.9. The van der Waals surface area contributed by atoms with E-state index >= 15 is 0 Å². The van der Waals surface area contributed by atoms with Gasteiger partial charge in [0, 0.05) is 27.6 Å². The third-order valence-corrected chi connectivity index (χ3v) is 8.83. The van der Waals surface area contributed by atoms with Gasteiger partial charge in [-0.2, -0.15) is 10.5 Å². The number of benzene rings is 1. The number of halogens is 1. The summed E-state index contributed by atoms with van der Waals surface area (Å²) in [7, 11) is 0. The predicted molar refractivity (Wildman–Crippen MR) is 139 cm³/mol. The first kappa shape index (κ1) is 23.7. The van der Waals surface area contributed by atoms with Crippen LogP contribution < -0.4 is 10.6 Å². The lowest BCUT2D eigenvalue weighted by atomic mass is 9.68. The number of allylic oxidation sites excluding steroid dienone is 3. The fourth-order valence-corrected chi connectivity index (χ4v) is 7.23. The average Bonchev–Trinajstić information content (AvgIpc) is 2.98. The largest absolute Gasteiger partial charge is 0.384 e. The normalized spacial score (nSPS) is 21.7. The number of hydrogen-bond donors (Lipinski definition) is 1. The maximum atomic E-state index is 13.7. The highest BCUT2D eigenvalue weighted by Gasteiger charge is 2.45. The summed E-state index contributed by atoms with van der Waals surface area (Å²) in [6.45, 7) is 4.16. The Kier molecular flexibility index (Phi) is 5.99. The molecule has 3 aliphatic rings. The molecule has 7 heteroatoms. The van der Waals surface area contributed by atoms with E-state index < -0.39 is 5.92 Å². The van der Waals surface area contributed by atoms with Crippen molar-refractivity contribution in [3.05, 3.63) is 73.5 Å². The van der Waals surface area contributed by atoms with Crippen molar-refractivity contribution in [1.82, 2.24) is 0 Å². The van der Waals surface area contributed by atoms with E-state index in [2.05, 4.69) is 26.0 Å². The van der Waals surface area contributed by atoms with Crippen molar-refractivity contribution in [3.8, 4) is 12.1 Å². The van der Waals surface area contributed by atoms with Crippen LogP contribution in [0.3, 0.4) is 0 Å². The number of carbonyl (C=O) groups is 1. The van der Waals surface area contributed by atoms with Gasteiger partial charge in [-0.05, 0) is 60.8 Å². The Labute approximate surface area is 215 Å². The minimum Gasteiger partial charge on any atom is -0.384 e. The van der Waals surface area contributed by atoms with Crippen molar-refractivity contribution >= 4 is 33.7 Å². The number of ketones is 1. The Morgan fingerprint density at radius 1 is 1.09 bits per heavy atom. The zero-order valence-corrected chi connectivity index (χ0v) is 21.5. The summed E-state index contributed by atoms with van der Waals surface area (Å²) in [4.78, 5) is 16.8. The number of carbonyl (C=O) groups excluding carboxylic acids is 1. The van der Waals surface area contributed by atoms with Crippen LogP contribution in [-0.2, 0) is 17.6 Å². The number of aryl methyl sites for hydroxylation is 1. The van der Waals surface area contributed by atoms with Crippen LogP contribution in [0.1, 0.15) is 73.4 Å². The maximum absolute atomic E-state index is 13.7. The lowest BCUT2D eigenvalue weighted by Gasteiger charge is -2.43. The fraction of sp³-hybridized carbons (Fsp3) is 0.393. The molecule has 0 saturated heterocycles. The van der Waals surface area contributed by atoms with E-state index in [1.54, 1.807) is 23.5 Å². The third kappa shape index (κ3) is 3.96. The number of fused-ring (bicyclic) bond motifs is 1. The fourth-order valence-electron chi connectivity index (χ4n) is 5.73. The number of anilines is 1. The van der Waals surface area contributed by atoms with Gasteiger partial charge in [-0.15, -0.1) is 11.3 Å². The van der Waals surface area contributed by atoms with Gasteiger partial charge in [-0.3, -0.25) is 9.69 Å². The number of nitrogens with two attached hydrogens (primary N) is 1. The molecule has 0 saturated carbocycles. The van der Waals surface area contributed by atoms with Crippen molar-refractivity contribution < 1.29 is 4.79 Å². The molecule has 0 amide bonds. The molecule has 0 bridgehead atoms. The molecule has 35 heavy (non-hydrogen) atoms. The molecular weight excluding hydrogens is 476 g/mol. The quantitative estimate of drug-likeness (QED) is 0.474. The van der Waals surface area contributed by atoms with Gasteiger partial charge in [0.1, 0.15) is 16.9 Å². The van der Waals surface area contributed by atoms with E-state index in [-0.39, 0.29) is 11.2 Å². The Morgan fingerprint density at radius 2 is 1.80 bits per heavy atom.